The number of benzene rings is 1. The van der Waals surface area contributed by atoms with Crippen molar-refractivity contribution in [3.63, 3.8) is 0 Å². The average molecular weight is 181 g/mol. The summed E-state index contributed by atoms with van der Waals surface area (Å²) in [5, 5.41) is 9.69. The Morgan fingerprint density at radius 2 is 1.93 bits per heavy atom. The van der Waals surface area contributed by atoms with E-state index in [4.69, 9.17) is 5.11 Å². The topological polar surface area (TPSA) is 50.2 Å². The quantitative estimate of drug-likeness (QED) is 0.674. The molecule has 0 saturated heterocycles. The van der Waals surface area contributed by atoms with Crippen LogP contribution in [0, 0.1) is 0 Å². The van der Waals surface area contributed by atoms with Gasteiger partial charge < -0.3 is 5.11 Å². The number of carboxylic acid groups (broad SMARTS) is 1. The summed E-state index contributed by atoms with van der Waals surface area (Å²) in [5.41, 5.74) is 0.788. The summed E-state index contributed by atoms with van der Waals surface area (Å²) >= 11 is 0. The molecule has 1 N–H and O–H groups in total. The Balaban J connectivity index is 0.000000980. The van der Waals surface area contributed by atoms with Crippen LogP contribution in [0.1, 0.15) is 10.4 Å². The molecule has 0 bridgehead atoms. The summed E-state index contributed by atoms with van der Waals surface area (Å²) < 4.78 is 0. The number of aromatic nitrogens is 1. The predicted octanol–water partition coefficient (Wildman–Crippen LogP) is 1.28. The van der Waals surface area contributed by atoms with Gasteiger partial charge in [0.05, 0.1) is 11.1 Å². The SMILES string of the molecule is O=C(O)c1cccc2cccnc12.[LiH]. The number of pyridine rings is 1. The van der Waals surface area contributed by atoms with Gasteiger partial charge in [0.25, 0.3) is 0 Å². The van der Waals surface area contributed by atoms with Crippen molar-refractivity contribution in [3.8, 4) is 0 Å². The van der Waals surface area contributed by atoms with Crippen LogP contribution in [0.15, 0.2) is 36.5 Å². The summed E-state index contributed by atoms with van der Waals surface area (Å²) in [4.78, 5) is 14.8. The minimum atomic E-state index is -0.940. The van der Waals surface area contributed by atoms with Crippen LogP contribution in [0.5, 0.6) is 0 Å². The molecule has 0 aliphatic rings. The zero-order valence-electron chi connectivity index (χ0n) is 6.77. The van der Waals surface area contributed by atoms with E-state index in [9.17, 15) is 4.79 Å². The third-order valence-electron chi connectivity index (χ3n) is 1.86. The molecule has 1 aromatic heterocycles. The molecular weight excluding hydrogens is 173 g/mol. The van der Waals surface area contributed by atoms with Gasteiger partial charge in [-0.05, 0) is 12.1 Å². The fourth-order valence-electron chi connectivity index (χ4n) is 1.28. The first-order chi connectivity index (χ1) is 6.29. The Bertz CT molecular complexity index is 465. The van der Waals surface area contributed by atoms with Crippen molar-refractivity contribution in [2.24, 2.45) is 0 Å². The summed E-state index contributed by atoms with van der Waals surface area (Å²) in [7, 11) is 0. The van der Waals surface area contributed by atoms with E-state index >= 15 is 0 Å². The predicted molar refractivity (Wildman–Crippen MR) is 55.9 cm³/mol. The Kier molecular flexibility index (Phi) is 3.29. The van der Waals surface area contributed by atoms with E-state index in [1.54, 1.807) is 24.4 Å². The number of carboxylic acids is 1. The number of para-hydroxylation sites is 1. The number of carbonyl (C=O) groups is 1. The number of hydrogen-bond donors (Lipinski definition) is 1. The molecule has 0 spiro atoms. The van der Waals surface area contributed by atoms with Crippen LogP contribution < -0.4 is 0 Å². The van der Waals surface area contributed by atoms with Crippen molar-refractivity contribution < 1.29 is 9.90 Å². The molecule has 0 atom stereocenters. The van der Waals surface area contributed by atoms with Gasteiger partial charge in [-0.3, -0.25) is 4.98 Å². The second-order valence-electron chi connectivity index (χ2n) is 2.69. The Hall–Kier alpha value is -1.30. The zero-order valence-corrected chi connectivity index (χ0v) is 6.77. The van der Waals surface area contributed by atoms with Crippen LogP contribution in [0.2, 0.25) is 0 Å². The number of hydrogen-bond acceptors (Lipinski definition) is 2. The second kappa shape index (κ2) is 4.27. The fourth-order valence-corrected chi connectivity index (χ4v) is 1.28. The first-order valence-corrected chi connectivity index (χ1v) is 3.86. The Morgan fingerprint density at radius 1 is 1.21 bits per heavy atom. The van der Waals surface area contributed by atoms with E-state index in [1.807, 2.05) is 12.1 Å². The van der Waals surface area contributed by atoms with Crippen molar-refractivity contribution in [2.45, 2.75) is 0 Å². The molecule has 0 radical (unpaired) electrons. The van der Waals surface area contributed by atoms with Gasteiger partial charge in [-0.25, -0.2) is 4.79 Å². The third kappa shape index (κ3) is 1.79. The number of fused-ring (bicyclic) bond motifs is 1. The first kappa shape index (κ1) is 10.8. The van der Waals surface area contributed by atoms with Crippen molar-refractivity contribution in [3.05, 3.63) is 42.1 Å². The van der Waals surface area contributed by atoms with E-state index < -0.39 is 5.97 Å². The van der Waals surface area contributed by atoms with Gasteiger partial charge in [-0.1, -0.05) is 18.2 Å². The maximum absolute atomic E-state index is 10.8. The number of rotatable bonds is 1. The van der Waals surface area contributed by atoms with Gasteiger partial charge in [0.2, 0.25) is 0 Å². The molecule has 66 valence electrons. The molecule has 4 heteroatoms. The molecule has 3 nitrogen and oxygen atoms in total. The number of aromatic carboxylic acids is 1. The fraction of sp³-hybridized carbons (Fsp3) is 0. The van der Waals surface area contributed by atoms with Crippen LogP contribution >= 0.6 is 0 Å². The normalized spacial score (nSPS) is 9.43. The van der Waals surface area contributed by atoms with E-state index in [0.717, 1.165) is 5.39 Å². The first-order valence-electron chi connectivity index (χ1n) is 3.86. The van der Waals surface area contributed by atoms with Crippen LogP contribution in [0.25, 0.3) is 10.9 Å². The monoisotopic (exact) mass is 181 g/mol. The Morgan fingerprint density at radius 3 is 2.64 bits per heavy atom. The zero-order chi connectivity index (χ0) is 9.26. The molecule has 2 rings (SSSR count). The van der Waals surface area contributed by atoms with Crippen LogP contribution in [0.4, 0.5) is 0 Å². The summed E-state index contributed by atoms with van der Waals surface area (Å²) in [6.45, 7) is 0. The van der Waals surface area contributed by atoms with Gasteiger partial charge in [0.1, 0.15) is 0 Å². The van der Waals surface area contributed by atoms with Crippen molar-refractivity contribution in [1.82, 2.24) is 4.98 Å². The van der Waals surface area contributed by atoms with E-state index in [-0.39, 0.29) is 24.4 Å². The molecule has 0 amide bonds. The average Bonchev–Trinajstić information content (AvgIpc) is 2.17. The van der Waals surface area contributed by atoms with Crippen LogP contribution in [-0.4, -0.2) is 34.9 Å². The van der Waals surface area contributed by atoms with Crippen molar-refractivity contribution in [1.29, 1.82) is 0 Å². The summed E-state index contributed by atoms with van der Waals surface area (Å²) in [6, 6.07) is 8.74. The van der Waals surface area contributed by atoms with E-state index in [2.05, 4.69) is 4.98 Å². The van der Waals surface area contributed by atoms with E-state index in [1.165, 1.54) is 0 Å². The molecule has 0 fully saturated rings. The third-order valence-corrected chi connectivity index (χ3v) is 1.86. The molecule has 14 heavy (non-hydrogen) atoms. The van der Waals surface area contributed by atoms with Crippen molar-refractivity contribution >= 4 is 35.7 Å². The Labute approximate surface area is 93.0 Å². The maximum atomic E-state index is 10.8. The minimum absolute atomic E-state index is 0. The van der Waals surface area contributed by atoms with Gasteiger partial charge in [0.15, 0.2) is 0 Å². The second-order valence-corrected chi connectivity index (χ2v) is 2.69. The molecule has 1 aromatic carbocycles. The summed E-state index contributed by atoms with van der Waals surface area (Å²) in [5.74, 6) is -0.940. The molecular formula is C10H8LiNO2. The molecule has 1 heterocycles. The summed E-state index contributed by atoms with van der Waals surface area (Å²) in [6.07, 6.45) is 1.59. The van der Waals surface area contributed by atoms with Gasteiger partial charge >= 0.3 is 24.8 Å². The molecule has 2 aromatic rings. The van der Waals surface area contributed by atoms with Gasteiger partial charge in [-0.2, -0.15) is 0 Å². The van der Waals surface area contributed by atoms with Crippen molar-refractivity contribution in [2.75, 3.05) is 0 Å². The molecule has 0 aliphatic heterocycles. The molecule has 0 unspecified atom stereocenters. The van der Waals surface area contributed by atoms with Crippen LogP contribution in [0.3, 0.4) is 0 Å². The molecule has 0 aliphatic carbocycles. The van der Waals surface area contributed by atoms with Gasteiger partial charge in [-0.15, -0.1) is 0 Å². The molecule has 0 saturated carbocycles. The number of nitrogens with zero attached hydrogens (tertiary/aromatic N) is 1. The van der Waals surface area contributed by atoms with E-state index in [0.29, 0.717) is 5.52 Å². The van der Waals surface area contributed by atoms with Crippen LogP contribution in [-0.2, 0) is 0 Å². The van der Waals surface area contributed by atoms with Gasteiger partial charge in [0, 0.05) is 11.6 Å². The standard InChI is InChI=1S/C10H7NO2.Li.H/c12-10(13)8-5-1-3-7-4-2-6-11-9(7)8;;/h1-6H,(H,12,13);;.